The summed E-state index contributed by atoms with van der Waals surface area (Å²) < 4.78 is 0. The zero-order valence-corrected chi connectivity index (χ0v) is 14.3. The third-order valence-corrected chi connectivity index (χ3v) is 7.03. The Labute approximate surface area is 120 Å². The fourth-order valence-electron chi connectivity index (χ4n) is 0.785. The van der Waals surface area contributed by atoms with Crippen molar-refractivity contribution in [3.8, 4) is 0 Å². The lowest BCUT2D eigenvalue weighted by molar-refractivity contribution is 1.32. The van der Waals surface area contributed by atoms with Crippen LogP contribution in [0.2, 0.25) is 24.7 Å². The van der Waals surface area contributed by atoms with E-state index in [9.17, 15) is 0 Å². The van der Waals surface area contributed by atoms with Crippen LogP contribution in [0.3, 0.4) is 0 Å². The third-order valence-electron chi connectivity index (χ3n) is 1.48. The Bertz CT molecular complexity index is 148. The summed E-state index contributed by atoms with van der Waals surface area (Å²) in [4.78, 5) is 0. The van der Waals surface area contributed by atoms with E-state index in [0.29, 0.717) is 24.7 Å². The lowest BCUT2D eigenvalue weighted by Crippen LogP contribution is -2.16. The minimum absolute atomic E-state index is 0.0683. The Morgan fingerprint density at radius 3 is 1.21 bits per heavy atom. The lowest BCUT2D eigenvalue weighted by atomic mass is 9.70. The Balaban J connectivity index is 3.62. The summed E-state index contributed by atoms with van der Waals surface area (Å²) in [5.74, 6) is 0. The highest BCUT2D eigenvalue weighted by Gasteiger charge is 2.30. The van der Waals surface area contributed by atoms with Gasteiger partial charge in [0.25, 0.3) is 0 Å². The minimum Gasteiger partial charge on any atom is -0.196 e. The van der Waals surface area contributed by atoms with Gasteiger partial charge < -0.3 is 0 Å². The molecular formula is C4H8BCl7Si2. The molecule has 84 valence electrons. The molecule has 0 fully saturated rings. The van der Waals surface area contributed by atoms with Crippen LogP contribution in [0.15, 0.2) is 0 Å². The van der Waals surface area contributed by atoms with Crippen LogP contribution in [0, 0.1) is 0 Å². The number of hydrogen-bond donors (Lipinski definition) is 0. The van der Waals surface area contributed by atoms with Crippen molar-refractivity contribution in [3.63, 3.8) is 0 Å². The molecule has 0 amide bonds. The van der Waals surface area contributed by atoms with E-state index >= 15 is 0 Å². The molecule has 0 saturated heterocycles. The highest BCUT2D eigenvalue weighted by Crippen LogP contribution is 2.32. The zero-order valence-electron chi connectivity index (χ0n) is 7.05. The standard InChI is InChI=1S/C4H8BCl7Si2/c6-5(1-3-13(7,8)9)2-4-14(10,11)12/h1-4H2. The molecule has 0 atom stereocenters. The van der Waals surface area contributed by atoms with E-state index in [1.54, 1.807) is 0 Å². The predicted octanol–water partition coefficient (Wildman–Crippen LogP) is 5.53. The quantitative estimate of drug-likeness (QED) is 0.426. The highest BCUT2D eigenvalue weighted by atomic mass is 35.8. The van der Waals surface area contributed by atoms with Gasteiger partial charge in [-0.2, -0.15) is 11.5 Å². The van der Waals surface area contributed by atoms with Gasteiger partial charge in [0.05, 0.1) is 0 Å². The van der Waals surface area contributed by atoms with Gasteiger partial charge in [0.1, 0.15) is 0 Å². The topological polar surface area (TPSA) is 0 Å². The van der Waals surface area contributed by atoms with Gasteiger partial charge in [-0.05, 0) is 12.1 Å². The molecule has 0 heterocycles. The molecule has 0 spiro atoms. The van der Waals surface area contributed by atoms with Gasteiger partial charge >= 0.3 is 12.0 Å². The van der Waals surface area contributed by atoms with E-state index in [4.69, 9.17) is 77.9 Å². The molecule has 0 aromatic carbocycles. The Morgan fingerprint density at radius 2 is 1.00 bits per heavy atom. The summed E-state index contributed by atoms with van der Waals surface area (Å²) in [5, 5.41) is 0. The van der Waals surface area contributed by atoms with Crippen LogP contribution < -0.4 is 0 Å². The second-order valence-electron chi connectivity index (χ2n) is 2.90. The van der Waals surface area contributed by atoms with Crippen LogP contribution >= 0.6 is 77.9 Å². The van der Waals surface area contributed by atoms with Gasteiger partial charge in [0.2, 0.25) is 6.13 Å². The van der Waals surface area contributed by atoms with Crippen molar-refractivity contribution in [1.82, 2.24) is 0 Å². The molecular weight excluding hydrogens is 363 g/mol. The van der Waals surface area contributed by atoms with E-state index in [2.05, 4.69) is 0 Å². The number of hydrogen-bond acceptors (Lipinski definition) is 0. The molecule has 0 N–H and O–H groups in total. The largest absolute Gasteiger partial charge is 0.340 e. The fraction of sp³-hybridized carbons (Fsp3) is 1.00. The second kappa shape index (κ2) is 7.07. The van der Waals surface area contributed by atoms with Crippen molar-refractivity contribution in [2.45, 2.75) is 24.7 Å². The van der Waals surface area contributed by atoms with E-state index in [-0.39, 0.29) is 6.13 Å². The number of halogens is 7. The average molecular weight is 371 g/mol. The van der Waals surface area contributed by atoms with Gasteiger partial charge in [-0.3, -0.25) is 0 Å². The summed E-state index contributed by atoms with van der Waals surface area (Å²) in [7, 11) is 0. The average Bonchev–Trinajstić information content (AvgIpc) is 1.94. The monoisotopic (exact) mass is 368 g/mol. The first-order chi connectivity index (χ1) is 6.10. The van der Waals surface area contributed by atoms with Crippen LogP contribution in [0.5, 0.6) is 0 Å². The Kier molecular flexibility index (Phi) is 8.35. The molecule has 0 nitrogen and oxygen atoms in total. The van der Waals surface area contributed by atoms with Gasteiger partial charge in [0.15, 0.2) is 0 Å². The first-order valence-corrected chi connectivity index (χ1v) is 14.8. The molecule has 0 bridgehead atoms. The van der Waals surface area contributed by atoms with Crippen LogP contribution in [0.4, 0.5) is 0 Å². The van der Waals surface area contributed by atoms with E-state index < -0.39 is 12.0 Å². The number of rotatable bonds is 6. The van der Waals surface area contributed by atoms with Crippen LogP contribution in [-0.2, 0) is 0 Å². The summed E-state index contributed by atoms with van der Waals surface area (Å²) >= 11 is 40.2. The molecule has 0 unspecified atom stereocenters. The fourth-order valence-corrected chi connectivity index (χ4v) is 4.68. The van der Waals surface area contributed by atoms with Crippen LogP contribution in [0.25, 0.3) is 0 Å². The molecule has 0 rings (SSSR count). The Morgan fingerprint density at radius 1 is 0.714 bits per heavy atom. The van der Waals surface area contributed by atoms with Gasteiger partial charge in [-0.1, -0.05) is 12.6 Å². The van der Waals surface area contributed by atoms with Gasteiger partial charge in [-0.25, -0.2) is 0 Å². The molecule has 0 aliphatic carbocycles. The lowest BCUT2D eigenvalue weighted by Gasteiger charge is -2.11. The predicted molar refractivity (Wildman–Crippen MR) is 77.5 cm³/mol. The highest BCUT2D eigenvalue weighted by molar-refractivity contribution is 7.65. The van der Waals surface area contributed by atoms with Crippen molar-refractivity contribution in [2.24, 2.45) is 0 Å². The maximum absolute atomic E-state index is 5.99. The summed E-state index contributed by atoms with van der Waals surface area (Å²) in [6.07, 6.45) is 1.26. The molecule has 0 aromatic heterocycles. The van der Waals surface area contributed by atoms with Crippen molar-refractivity contribution in [2.75, 3.05) is 0 Å². The summed E-state index contributed by atoms with van der Waals surface area (Å²) in [6.45, 7) is 0. The van der Waals surface area contributed by atoms with Gasteiger partial charge in [0, 0.05) is 0 Å². The van der Waals surface area contributed by atoms with Gasteiger partial charge in [-0.15, -0.1) is 66.5 Å². The molecule has 0 radical (unpaired) electrons. The third kappa shape index (κ3) is 12.6. The van der Waals surface area contributed by atoms with Crippen molar-refractivity contribution < 1.29 is 0 Å². The second-order valence-corrected chi connectivity index (χ2v) is 22.1. The first-order valence-electron chi connectivity index (χ1n) is 3.88. The van der Waals surface area contributed by atoms with Crippen molar-refractivity contribution in [3.05, 3.63) is 0 Å². The summed E-state index contributed by atoms with van der Waals surface area (Å²) in [6, 6.07) is -4.00. The molecule has 0 aromatic rings. The molecule has 10 heteroatoms. The maximum atomic E-state index is 5.99. The zero-order chi connectivity index (χ0) is 11.4. The van der Waals surface area contributed by atoms with Crippen LogP contribution in [-0.4, -0.2) is 18.1 Å². The SMILES string of the molecule is ClB(CC[Si](Cl)(Cl)Cl)CC[Si](Cl)(Cl)Cl. The first kappa shape index (κ1) is 16.5. The Hall–Kier alpha value is 2.53. The van der Waals surface area contributed by atoms with Crippen LogP contribution in [0.1, 0.15) is 0 Å². The molecule has 0 aliphatic heterocycles. The molecule has 0 aliphatic rings. The van der Waals surface area contributed by atoms with Crippen molar-refractivity contribution >= 4 is 96.1 Å². The molecule has 0 saturated carbocycles. The molecule has 14 heavy (non-hydrogen) atoms. The van der Waals surface area contributed by atoms with E-state index in [1.165, 1.54) is 0 Å². The van der Waals surface area contributed by atoms with E-state index in [1.807, 2.05) is 0 Å². The summed E-state index contributed by atoms with van der Waals surface area (Å²) in [5.41, 5.74) is 0. The smallest absolute Gasteiger partial charge is 0.196 e. The minimum atomic E-state index is -2.55. The maximum Gasteiger partial charge on any atom is 0.340 e. The van der Waals surface area contributed by atoms with E-state index in [0.717, 1.165) is 0 Å². The normalized spacial score (nSPS) is 13.1. The van der Waals surface area contributed by atoms with Crippen molar-refractivity contribution in [1.29, 1.82) is 0 Å².